The first kappa shape index (κ1) is 14.2. The Balaban J connectivity index is 2.21. The van der Waals surface area contributed by atoms with Gasteiger partial charge in [0.25, 0.3) is 0 Å². The lowest BCUT2D eigenvalue weighted by Crippen LogP contribution is -2.47. The van der Waals surface area contributed by atoms with Crippen molar-refractivity contribution in [2.75, 3.05) is 31.1 Å². The molecule has 0 saturated carbocycles. The molecular formula is C10H21N3O3S. The molecule has 0 radical (unpaired) electrons. The Bertz CT molecular complexity index is 348. The molecule has 3 N–H and O–H groups in total. The number of hydrogen-bond donors (Lipinski definition) is 2. The molecule has 1 aliphatic rings. The first-order chi connectivity index (χ1) is 7.94. The highest BCUT2D eigenvalue weighted by Crippen LogP contribution is 2.09. The van der Waals surface area contributed by atoms with E-state index in [0.717, 1.165) is 12.8 Å². The lowest BCUT2D eigenvalue weighted by molar-refractivity contribution is 0.186. The molecule has 1 aliphatic heterocycles. The van der Waals surface area contributed by atoms with Crippen LogP contribution in [-0.4, -0.2) is 56.5 Å². The maximum Gasteiger partial charge on any atom is 0.314 e. The number of nitrogens with two attached hydrogens (primary N) is 1. The average molecular weight is 263 g/mol. The summed E-state index contributed by atoms with van der Waals surface area (Å²) in [5.74, 6) is 0.369. The lowest BCUT2D eigenvalue weighted by Gasteiger charge is -2.31. The zero-order chi connectivity index (χ0) is 12.9. The Hall–Kier alpha value is -0.820. The van der Waals surface area contributed by atoms with Gasteiger partial charge in [-0.25, -0.2) is 13.2 Å². The molecule has 1 heterocycles. The van der Waals surface area contributed by atoms with Crippen molar-refractivity contribution in [3.8, 4) is 0 Å². The number of nitrogens with zero attached hydrogens (tertiary/aromatic N) is 1. The number of likely N-dealkylation sites (tertiary alicyclic amines) is 1. The number of carbonyl (C=O) groups is 1. The van der Waals surface area contributed by atoms with Gasteiger partial charge in [0, 0.05) is 31.4 Å². The van der Waals surface area contributed by atoms with E-state index in [1.165, 1.54) is 0 Å². The van der Waals surface area contributed by atoms with Crippen LogP contribution in [0, 0.1) is 0 Å². The summed E-state index contributed by atoms with van der Waals surface area (Å²) in [5, 5.41) is 3.21. The van der Waals surface area contributed by atoms with Gasteiger partial charge < -0.3 is 16.0 Å². The van der Waals surface area contributed by atoms with E-state index >= 15 is 0 Å². The maximum absolute atomic E-state index is 11.3. The molecule has 2 amide bonds. The van der Waals surface area contributed by atoms with Crippen LogP contribution in [0.5, 0.6) is 0 Å². The van der Waals surface area contributed by atoms with Crippen LogP contribution in [-0.2, 0) is 9.84 Å². The first-order valence-corrected chi connectivity index (χ1v) is 7.75. The Kier molecular flexibility index (Phi) is 5.20. The number of piperidine rings is 1. The minimum atomic E-state index is -2.89. The Morgan fingerprint density at radius 1 is 1.41 bits per heavy atom. The van der Waals surface area contributed by atoms with Gasteiger partial charge >= 0.3 is 6.03 Å². The fourth-order valence-corrected chi connectivity index (χ4v) is 2.58. The molecular weight excluding hydrogens is 242 g/mol. The van der Waals surface area contributed by atoms with Gasteiger partial charge in [0.2, 0.25) is 0 Å². The van der Waals surface area contributed by atoms with Gasteiger partial charge in [0.05, 0.1) is 5.75 Å². The van der Waals surface area contributed by atoms with Crippen molar-refractivity contribution >= 4 is 15.9 Å². The van der Waals surface area contributed by atoms with E-state index in [2.05, 4.69) is 5.32 Å². The SMILES string of the molecule is CCS(=O)(=O)CCNC1CCN(C(N)=O)CC1. The van der Waals surface area contributed by atoms with E-state index in [-0.39, 0.29) is 23.6 Å². The topological polar surface area (TPSA) is 92.5 Å². The number of rotatable bonds is 5. The Morgan fingerprint density at radius 2 is 2.00 bits per heavy atom. The third-order valence-corrected chi connectivity index (χ3v) is 4.80. The van der Waals surface area contributed by atoms with Crippen LogP contribution in [0.3, 0.4) is 0 Å². The van der Waals surface area contributed by atoms with Crippen molar-refractivity contribution in [2.45, 2.75) is 25.8 Å². The van der Waals surface area contributed by atoms with E-state index < -0.39 is 9.84 Å². The summed E-state index contributed by atoms with van der Waals surface area (Å²) in [4.78, 5) is 12.5. The lowest BCUT2D eigenvalue weighted by atomic mass is 10.1. The number of hydrogen-bond acceptors (Lipinski definition) is 4. The molecule has 0 bridgehead atoms. The number of primary amides is 1. The largest absolute Gasteiger partial charge is 0.351 e. The van der Waals surface area contributed by atoms with Gasteiger partial charge in [-0.1, -0.05) is 6.92 Å². The molecule has 0 aromatic heterocycles. The zero-order valence-electron chi connectivity index (χ0n) is 10.2. The van der Waals surface area contributed by atoms with Crippen molar-refractivity contribution in [3.05, 3.63) is 0 Å². The van der Waals surface area contributed by atoms with Crippen molar-refractivity contribution in [1.29, 1.82) is 0 Å². The van der Waals surface area contributed by atoms with Crippen molar-refractivity contribution in [1.82, 2.24) is 10.2 Å². The summed E-state index contributed by atoms with van der Waals surface area (Å²) in [6.45, 7) is 3.43. The van der Waals surface area contributed by atoms with Crippen LogP contribution in [0.2, 0.25) is 0 Å². The number of urea groups is 1. The summed E-state index contributed by atoms with van der Waals surface area (Å²) >= 11 is 0. The standard InChI is InChI=1S/C10H21N3O3S/c1-2-17(15,16)8-5-12-9-3-6-13(7-4-9)10(11)14/h9,12H,2-8H2,1H3,(H2,11,14). The zero-order valence-corrected chi connectivity index (χ0v) is 11.0. The van der Waals surface area contributed by atoms with Crippen LogP contribution in [0.1, 0.15) is 19.8 Å². The van der Waals surface area contributed by atoms with Crippen molar-refractivity contribution in [2.24, 2.45) is 5.73 Å². The van der Waals surface area contributed by atoms with Crippen LogP contribution in [0.25, 0.3) is 0 Å². The molecule has 6 nitrogen and oxygen atoms in total. The second kappa shape index (κ2) is 6.20. The first-order valence-electron chi connectivity index (χ1n) is 5.93. The highest BCUT2D eigenvalue weighted by molar-refractivity contribution is 7.91. The number of carbonyl (C=O) groups excluding carboxylic acids is 1. The predicted molar refractivity (Wildman–Crippen MR) is 66.5 cm³/mol. The number of sulfone groups is 1. The second-order valence-electron chi connectivity index (χ2n) is 4.29. The van der Waals surface area contributed by atoms with Crippen molar-refractivity contribution in [3.63, 3.8) is 0 Å². The molecule has 1 saturated heterocycles. The normalized spacial score (nSPS) is 18.3. The van der Waals surface area contributed by atoms with Gasteiger partial charge in [-0.15, -0.1) is 0 Å². The second-order valence-corrected chi connectivity index (χ2v) is 6.76. The minimum Gasteiger partial charge on any atom is -0.351 e. The number of nitrogens with one attached hydrogen (secondary N) is 1. The third kappa shape index (κ3) is 4.91. The molecule has 17 heavy (non-hydrogen) atoms. The molecule has 0 aliphatic carbocycles. The molecule has 0 aromatic rings. The molecule has 1 fully saturated rings. The Morgan fingerprint density at radius 3 is 2.47 bits per heavy atom. The van der Waals surface area contributed by atoms with Gasteiger partial charge in [-0.05, 0) is 12.8 Å². The maximum atomic E-state index is 11.3. The highest BCUT2D eigenvalue weighted by atomic mass is 32.2. The molecule has 7 heteroatoms. The van der Waals surface area contributed by atoms with Gasteiger partial charge in [0.1, 0.15) is 0 Å². The van der Waals surface area contributed by atoms with Crippen molar-refractivity contribution < 1.29 is 13.2 Å². The quantitative estimate of drug-likeness (QED) is 0.703. The third-order valence-electron chi connectivity index (χ3n) is 3.09. The summed E-state index contributed by atoms with van der Waals surface area (Å²) < 4.78 is 22.5. The van der Waals surface area contributed by atoms with Crippen LogP contribution in [0.4, 0.5) is 4.79 Å². The summed E-state index contributed by atoms with van der Waals surface area (Å²) in [7, 11) is -2.89. The molecule has 0 aromatic carbocycles. The van der Waals surface area contributed by atoms with Gasteiger partial charge in [-0.2, -0.15) is 0 Å². The van der Waals surface area contributed by atoms with Gasteiger partial charge in [0.15, 0.2) is 9.84 Å². The molecule has 0 atom stereocenters. The van der Waals surface area contributed by atoms with Gasteiger partial charge in [-0.3, -0.25) is 0 Å². The van der Waals surface area contributed by atoms with E-state index in [1.807, 2.05) is 0 Å². The fourth-order valence-electron chi connectivity index (χ4n) is 1.87. The predicted octanol–water partition coefficient (Wildman–Crippen LogP) is -0.446. The van der Waals surface area contributed by atoms with E-state index in [9.17, 15) is 13.2 Å². The summed E-state index contributed by atoms with van der Waals surface area (Å²) in [6, 6.07) is -0.0883. The van der Waals surface area contributed by atoms with Crippen LogP contribution >= 0.6 is 0 Å². The van der Waals surface area contributed by atoms with Crippen LogP contribution < -0.4 is 11.1 Å². The molecule has 0 spiro atoms. The number of amides is 2. The van der Waals surface area contributed by atoms with E-state index in [0.29, 0.717) is 19.6 Å². The molecule has 100 valence electrons. The molecule has 0 unspecified atom stereocenters. The molecule has 1 rings (SSSR count). The average Bonchev–Trinajstić information content (AvgIpc) is 2.29. The van der Waals surface area contributed by atoms with E-state index in [1.54, 1.807) is 11.8 Å². The Labute approximate surface area is 102 Å². The smallest absolute Gasteiger partial charge is 0.314 e. The van der Waals surface area contributed by atoms with E-state index in [4.69, 9.17) is 5.73 Å². The van der Waals surface area contributed by atoms with Crippen LogP contribution in [0.15, 0.2) is 0 Å². The monoisotopic (exact) mass is 263 g/mol. The fraction of sp³-hybridized carbons (Fsp3) is 0.900. The minimum absolute atomic E-state index is 0.180. The summed E-state index contributed by atoms with van der Waals surface area (Å²) in [5.41, 5.74) is 5.18. The summed E-state index contributed by atoms with van der Waals surface area (Å²) in [6.07, 6.45) is 1.66. The highest BCUT2D eigenvalue weighted by Gasteiger charge is 2.20.